The second-order valence-corrected chi connectivity index (χ2v) is 5.84. The smallest absolute Gasteiger partial charge is 0.262 e. The van der Waals surface area contributed by atoms with Crippen LogP contribution in [0, 0.1) is 6.92 Å². The summed E-state index contributed by atoms with van der Waals surface area (Å²) in [5, 5.41) is 5.41. The largest absolute Gasteiger partial charge is 0.442 e. The molecule has 0 fully saturated rings. The van der Waals surface area contributed by atoms with E-state index in [2.05, 4.69) is 20.6 Å². The third kappa shape index (κ3) is 3.49. The molecule has 2 aromatic heterocycles. The molecule has 0 aliphatic rings. The topological polar surface area (TPSA) is 117 Å². The van der Waals surface area contributed by atoms with Gasteiger partial charge < -0.3 is 20.0 Å². The van der Waals surface area contributed by atoms with Crippen molar-refractivity contribution in [3.63, 3.8) is 0 Å². The number of nitrogens with zero attached hydrogens (tertiary/aromatic N) is 1. The van der Waals surface area contributed by atoms with Gasteiger partial charge in [0.1, 0.15) is 17.2 Å². The van der Waals surface area contributed by atoms with Gasteiger partial charge >= 0.3 is 0 Å². The summed E-state index contributed by atoms with van der Waals surface area (Å²) in [5.74, 6) is -0.639. The van der Waals surface area contributed by atoms with Crippen LogP contribution in [0.4, 0.5) is 0 Å². The summed E-state index contributed by atoms with van der Waals surface area (Å²) in [6.45, 7) is 3.49. The second kappa shape index (κ2) is 7.22. The number of fused-ring (bicyclic) bond motifs is 1. The Kier molecular flexibility index (Phi) is 4.83. The van der Waals surface area contributed by atoms with Gasteiger partial charge in [-0.1, -0.05) is 30.3 Å². The average Bonchev–Trinajstić information content (AvgIpc) is 2.97. The number of hydrogen-bond donors (Lipinski definition) is 3. The van der Waals surface area contributed by atoms with Gasteiger partial charge in [0.05, 0.1) is 11.9 Å². The molecule has 0 bridgehead atoms. The van der Waals surface area contributed by atoms with E-state index in [1.54, 1.807) is 13.8 Å². The minimum absolute atomic E-state index is 0.0689. The van der Waals surface area contributed by atoms with Crippen molar-refractivity contribution in [3.8, 4) is 0 Å². The molecule has 0 aliphatic heterocycles. The number of benzene rings is 1. The van der Waals surface area contributed by atoms with Crippen LogP contribution in [0.1, 0.15) is 28.6 Å². The van der Waals surface area contributed by atoms with Crippen LogP contribution in [0.5, 0.6) is 0 Å². The number of aromatic nitrogens is 2. The maximum absolute atomic E-state index is 12.6. The Hall–Kier alpha value is -3.42. The van der Waals surface area contributed by atoms with Crippen LogP contribution in [-0.2, 0) is 11.3 Å². The molecule has 0 saturated carbocycles. The number of aromatic amines is 1. The number of aryl methyl sites for hydroxylation is 1. The molecule has 3 aromatic rings. The molecule has 8 heteroatoms. The molecule has 8 nitrogen and oxygen atoms in total. The van der Waals surface area contributed by atoms with Crippen molar-refractivity contribution >= 4 is 22.9 Å². The first kappa shape index (κ1) is 17.4. The molecule has 0 saturated heterocycles. The maximum atomic E-state index is 12.6. The molecule has 3 N–H and O–H groups in total. The predicted molar refractivity (Wildman–Crippen MR) is 94.6 cm³/mol. The molecule has 134 valence electrons. The van der Waals surface area contributed by atoms with Crippen molar-refractivity contribution in [2.75, 3.05) is 0 Å². The Bertz CT molecular complexity index is 1010. The highest BCUT2D eigenvalue weighted by Crippen LogP contribution is 2.20. The summed E-state index contributed by atoms with van der Waals surface area (Å²) < 4.78 is 5.36. The zero-order valence-corrected chi connectivity index (χ0v) is 14.3. The summed E-state index contributed by atoms with van der Waals surface area (Å²) in [5.41, 5.74) is 0.640. The van der Waals surface area contributed by atoms with E-state index in [1.807, 2.05) is 30.3 Å². The summed E-state index contributed by atoms with van der Waals surface area (Å²) in [4.78, 5) is 43.1. The van der Waals surface area contributed by atoms with E-state index in [4.69, 9.17) is 4.42 Å². The Morgan fingerprint density at radius 3 is 2.73 bits per heavy atom. The van der Waals surface area contributed by atoms with Gasteiger partial charge in [-0.3, -0.25) is 14.4 Å². The van der Waals surface area contributed by atoms with Crippen LogP contribution >= 0.6 is 0 Å². The van der Waals surface area contributed by atoms with Gasteiger partial charge in [0.2, 0.25) is 11.6 Å². The van der Waals surface area contributed by atoms with E-state index in [0.29, 0.717) is 6.54 Å². The number of amides is 2. The van der Waals surface area contributed by atoms with Gasteiger partial charge in [-0.05, 0) is 19.4 Å². The number of hydrogen-bond acceptors (Lipinski definition) is 5. The fraction of sp³-hybridized carbons (Fsp3) is 0.222. The first-order valence-electron chi connectivity index (χ1n) is 8.06. The molecular formula is C18H18N4O4. The first-order chi connectivity index (χ1) is 12.5. The third-order valence-electron chi connectivity index (χ3n) is 3.95. The van der Waals surface area contributed by atoms with Crippen LogP contribution < -0.4 is 16.2 Å². The Balaban J connectivity index is 1.71. The van der Waals surface area contributed by atoms with Gasteiger partial charge in [-0.15, -0.1) is 0 Å². The molecule has 3 rings (SSSR count). The van der Waals surface area contributed by atoms with E-state index in [1.165, 1.54) is 6.33 Å². The molecule has 26 heavy (non-hydrogen) atoms. The lowest BCUT2D eigenvalue weighted by atomic mass is 10.1. The lowest BCUT2D eigenvalue weighted by molar-refractivity contribution is -0.122. The Morgan fingerprint density at radius 1 is 1.27 bits per heavy atom. The van der Waals surface area contributed by atoms with Crippen LogP contribution in [0.15, 0.2) is 45.9 Å². The summed E-state index contributed by atoms with van der Waals surface area (Å²) in [6, 6.07) is 8.65. The fourth-order valence-electron chi connectivity index (χ4n) is 2.60. The van der Waals surface area contributed by atoms with Gasteiger partial charge in [0.25, 0.3) is 11.5 Å². The van der Waals surface area contributed by atoms with Crippen LogP contribution in [0.25, 0.3) is 11.1 Å². The molecule has 1 aromatic carbocycles. The monoisotopic (exact) mass is 354 g/mol. The third-order valence-corrected chi connectivity index (χ3v) is 3.95. The highest BCUT2D eigenvalue weighted by molar-refractivity contribution is 6.07. The Morgan fingerprint density at radius 2 is 2.00 bits per heavy atom. The quantitative estimate of drug-likeness (QED) is 0.638. The number of H-pyrrole nitrogens is 1. The molecule has 0 radical (unpaired) electrons. The summed E-state index contributed by atoms with van der Waals surface area (Å²) >= 11 is 0. The molecular weight excluding hydrogens is 336 g/mol. The zero-order valence-electron chi connectivity index (χ0n) is 14.3. The van der Waals surface area contributed by atoms with Gasteiger partial charge in [-0.2, -0.15) is 0 Å². The summed E-state index contributed by atoms with van der Waals surface area (Å²) in [7, 11) is 0. The van der Waals surface area contributed by atoms with Gasteiger partial charge in [0.15, 0.2) is 0 Å². The van der Waals surface area contributed by atoms with Crippen molar-refractivity contribution in [2.45, 2.75) is 26.4 Å². The van der Waals surface area contributed by atoms with Crippen molar-refractivity contribution in [2.24, 2.45) is 0 Å². The molecule has 0 spiro atoms. The van der Waals surface area contributed by atoms with Crippen molar-refractivity contribution in [1.82, 2.24) is 20.6 Å². The highest BCUT2D eigenvalue weighted by Gasteiger charge is 2.24. The first-order valence-corrected chi connectivity index (χ1v) is 8.06. The second-order valence-electron chi connectivity index (χ2n) is 5.84. The number of nitrogens with one attached hydrogen (secondary N) is 3. The minimum atomic E-state index is -0.786. The SMILES string of the molecule is Cc1oc2nc[nH]c(=O)c2c1C(=O)NC(C)C(=O)NCc1ccccc1. The standard InChI is InChI=1S/C18H18N4O4/c1-10(15(23)19-8-12-6-4-3-5-7-12)22-17(25)13-11(2)26-18-14(13)16(24)20-9-21-18/h3-7,9-10H,8H2,1-2H3,(H,19,23)(H,22,25)(H,20,21,24). The number of rotatable bonds is 5. The van der Waals surface area contributed by atoms with Crippen molar-refractivity contribution in [3.05, 3.63) is 63.9 Å². The molecule has 1 unspecified atom stereocenters. The van der Waals surface area contributed by atoms with Crippen LogP contribution in [0.2, 0.25) is 0 Å². The molecule has 0 aliphatic carbocycles. The number of furan rings is 1. The van der Waals surface area contributed by atoms with E-state index in [-0.39, 0.29) is 28.3 Å². The lowest BCUT2D eigenvalue weighted by Crippen LogP contribution is -2.44. The van der Waals surface area contributed by atoms with Crippen LogP contribution in [-0.4, -0.2) is 27.8 Å². The number of carbonyl (C=O) groups is 2. The maximum Gasteiger partial charge on any atom is 0.262 e. The summed E-state index contributed by atoms with van der Waals surface area (Å²) in [6.07, 6.45) is 1.20. The average molecular weight is 354 g/mol. The number of carbonyl (C=O) groups excluding carboxylic acids is 2. The molecule has 2 heterocycles. The lowest BCUT2D eigenvalue weighted by Gasteiger charge is -2.14. The zero-order chi connectivity index (χ0) is 18.7. The van der Waals surface area contributed by atoms with E-state index in [9.17, 15) is 14.4 Å². The fourth-order valence-corrected chi connectivity index (χ4v) is 2.60. The van der Waals surface area contributed by atoms with Crippen molar-refractivity contribution in [1.29, 1.82) is 0 Å². The highest BCUT2D eigenvalue weighted by atomic mass is 16.3. The predicted octanol–water partition coefficient (Wildman–Crippen LogP) is 1.26. The normalized spacial score (nSPS) is 11.9. The van der Waals surface area contributed by atoms with Gasteiger partial charge in [-0.25, -0.2) is 4.98 Å². The Labute approximate surface area is 148 Å². The molecule has 1 atom stereocenters. The van der Waals surface area contributed by atoms with E-state index < -0.39 is 17.5 Å². The minimum Gasteiger partial charge on any atom is -0.442 e. The van der Waals surface area contributed by atoms with E-state index >= 15 is 0 Å². The van der Waals surface area contributed by atoms with E-state index in [0.717, 1.165) is 5.56 Å². The molecule has 2 amide bonds. The van der Waals surface area contributed by atoms with Gasteiger partial charge in [0, 0.05) is 6.54 Å². The van der Waals surface area contributed by atoms with Crippen LogP contribution in [0.3, 0.4) is 0 Å². The van der Waals surface area contributed by atoms with Crippen molar-refractivity contribution < 1.29 is 14.0 Å².